The van der Waals surface area contributed by atoms with Crippen molar-refractivity contribution < 1.29 is 14.6 Å². The lowest BCUT2D eigenvalue weighted by molar-refractivity contribution is -0.122. The Labute approximate surface area is 215 Å². The topological polar surface area (TPSA) is 134 Å². The van der Waals surface area contributed by atoms with Crippen LogP contribution in [0.15, 0.2) is 30.5 Å². The summed E-state index contributed by atoms with van der Waals surface area (Å²) in [4.78, 5) is 21.1. The molecule has 2 aromatic rings. The number of aliphatic hydroxyl groups is 1. The smallest absolute Gasteiger partial charge is 0.229 e. The highest BCUT2D eigenvalue weighted by atomic mass is 35.5. The van der Waals surface area contributed by atoms with Crippen LogP contribution >= 0.6 is 11.6 Å². The number of allylic oxidation sites excluding steroid dienone is 1. The van der Waals surface area contributed by atoms with Crippen molar-refractivity contribution >= 4 is 35.0 Å². The van der Waals surface area contributed by atoms with Crippen LogP contribution < -0.4 is 26.4 Å². The first kappa shape index (κ1) is 24.8. The maximum atomic E-state index is 12.1. The quantitative estimate of drug-likeness (QED) is 0.256. The lowest BCUT2D eigenvalue weighted by atomic mass is 9.88. The van der Waals surface area contributed by atoms with Crippen molar-refractivity contribution in [1.29, 1.82) is 0 Å². The molecule has 1 saturated carbocycles. The molecule has 0 spiro atoms. The molecule has 5 unspecified atom stereocenters. The highest BCUT2D eigenvalue weighted by molar-refractivity contribution is 6.32. The number of carbonyl (C=O) groups is 1. The fourth-order valence-electron chi connectivity index (χ4n) is 5.99. The number of nitrogens with one attached hydrogen (secondary N) is 3. The van der Waals surface area contributed by atoms with Crippen LogP contribution in [0.3, 0.4) is 0 Å². The summed E-state index contributed by atoms with van der Waals surface area (Å²) in [6, 6.07) is 4.34. The molecule has 1 aromatic heterocycles. The Hall–Kier alpha value is -2.88. The minimum atomic E-state index is -0.309. The number of primary amides is 1. The van der Waals surface area contributed by atoms with E-state index in [-0.39, 0.29) is 36.3 Å². The third kappa shape index (κ3) is 4.87. The van der Waals surface area contributed by atoms with Gasteiger partial charge in [0.1, 0.15) is 10.8 Å². The summed E-state index contributed by atoms with van der Waals surface area (Å²) in [5, 5.41) is 19.6. The van der Waals surface area contributed by atoms with Crippen molar-refractivity contribution in [2.75, 3.05) is 30.9 Å². The zero-order valence-corrected chi connectivity index (χ0v) is 21.1. The fourth-order valence-corrected chi connectivity index (χ4v) is 6.13. The Bertz CT molecular complexity index is 1160. The van der Waals surface area contributed by atoms with E-state index < -0.39 is 0 Å². The van der Waals surface area contributed by atoms with Crippen molar-refractivity contribution in [3.8, 4) is 5.75 Å². The minimum Gasteiger partial charge on any atom is -0.494 e. The molecular weight excluding hydrogens is 480 g/mol. The summed E-state index contributed by atoms with van der Waals surface area (Å²) in [7, 11) is 1.68. The number of amides is 1. The first-order valence-corrected chi connectivity index (χ1v) is 12.9. The number of benzene rings is 1. The van der Waals surface area contributed by atoms with E-state index >= 15 is 0 Å². The van der Waals surface area contributed by atoms with Gasteiger partial charge in [0, 0.05) is 18.6 Å². The number of aromatic nitrogens is 2. The van der Waals surface area contributed by atoms with E-state index in [0.717, 1.165) is 43.5 Å². The molecule has 2 bridgehead atoms. The van der Waals surface area contributed by atoms with Gasteiger partial charge in [0.15, 0.2) is 5.82 Å². The van der Waals surface area contributed by atoms with Crippen molar-refractivity contribution in [1.82, 2.24) is 15.3 Å². The Kier molecular flexibility index (Phi) is 7.32. The van der Waals surface area contributed by atoms with Gasteiger partial charge in [-0.15, -0.1) is 0 Å². The first-order valence-electron chi connectivity index (χ1n) is 12.5. The van der Waals surface area contributed by atoms with Crippen LogP contribution in [0, 0.1) is 17.8 Å². The van der Waals surface area contributed by atoms with Gasteiger partial charge in [-0.25, -0.2) is 4.98 Å². The number of anilines is 3. The highest BCUT2D eigenvalue weighted by Crippen LogP contribution is 2.45. The van der Waals surface area contributed by atoms with Crippen LogP contribution in [-0.2, 0) is 17.6 Å². The molecule has 3 aliphatic carbocycles. The standard InChI is InChI=1S/C26H33ClN6O3/c1-36-23-18-8-7-17(29-10-11-34)6-4-14(18)5-9-20(23)31-26-30-13-19(27)25(33-26)32-22-16-3-2-15(12-16)21(22)24(28)35/h2-3,5,9,13,15-17,21-22,29,34H,4,6-8,10-12H2,1H3,(H2,28,35)(H2,30,31,32,33). The van der Waals surface area contributed by atoms with Crippen LogP contribution in [0.1, 0.15) is 30.4 Å². The van der Waals surface area contributed by atoms with E-state index in [9.17, 15) is 4.79 Å². The summed E-state index contributed by atoms with van der Waals surface area (Å²) in [6.07, 6.45) is 10.5. The number of hydrogen-bond acceptors (Lipinski definition) is 8. The van der Waals surface area contributed by atoms with E-state index in [0.29, 0.717) is 29.4 Å². The van der Waals surface area contributed by atoms with E-state index in [4.69, 9.17) is 27.2 Å². The minimum absolute atomic E-state index is 0.140. The van der Waals surface area contributed by atoms with Crippen molar-refractivity contribution in [2.45, 2.75) is 44.2 Å². The molecule has 1 aromatic carbocycles. The van der Waals surface area contributed by atoms with Crippen LogP contribution in [0.25, 0.3) is 0 Å². The number of hydrogen-bond donors (Lipinski definition) is 5. The fraction of sp³-hybridized carbons (Fsp3) is 0.500. The van der Waals surface area contributed by atoms with Gasteiger partial charge in [-0.05, 0) is 61.1 Å². The van der Waals surface area contributed by atoms with E-state index in [1.165, 1.54) is 11.1 Å². The monoisotopic (exact) mass is 512 g/mol. The molecule has 36 heavy (non-hydrogen) atoms. The summed E-state index contributed by atoms with van der Waals surface area (Å²) in [6.45, 7) is 0.745. The Morgan fingerprint density at radius 2 is 2.06 bits per heavy atom. The lowest BCUT2D eigenvalue weighted by Gasteiger charge is -2.27. The van der Waals surface area contributed by atoms with Crippen LogP contribution in [0.5, 0.6) is 5.75 Å². The number of ether oxygens (including phenoxy) is 1. The van der Waals surface area contributed by atoms with Gasteiger partial charge in [0.05, 0.1) is 31.5 Å². The van der Waals surface area contributed by atoms with Gasteiger partial charge >= 0.3 is 0 Å². The maximum Gasteiger partial charge on any atom is 0.229 e. The Balaban J connectivity index is 1.35. The molecule has 5 atom stereocenters. The van der Waals surface area contributed by atoms with E-state index in [2.05, 4.69) is 44.1 Å². The molecule has 3 aliphatic rings. The second kappa shape index (κ2) is 10.6. The van der Waals surface area contributed by atoms with Crippen molar-refractivity contribution in [3.63, 3.8) is 0 Å². The number of fused-ring (bicyclic) bond motifs is 3. The summed E-state index contributed by atoms with van der Waals surface area (Å²) in [5.74, 6) is 1.42. The molecule has 10 heteroatoms. The average molecular weight is 513 g/mol. The normalized spacial score (nSPS) is 26.4. The number of rotatable bonds is 9. The predicted octanol–water partition coefficient (Wildman–Crippen LogP) is 2.80. The summed E-state index contributed by atoms with van der Waals surface area (Å²) in [5.41, 5.74) is 8.94. The second-order valence-electron chi connectivity index (χ2n) is 9.80. The maximum absolute atomic E-state index is 12.1. The van der Waals surface area contributed by atoms with E-state index in [1.54, 1.807) is 13.3 Å². The summed E-state index contributed by atoms with van der Waals surface area (Å²) < 4.78 is 5.84. The number of aryl methyl sites for hydroxylation is 1. The Morgan fingerprint density at radius 1 is 1.25 bits per heavy atom. The van der Waals surface area contributed by atoms with Gasteiger partial charge in [0.2, 0.25) is 11.9 Å². The third-order valence-electron chi connectivity index (χ3n) is 7.69. The molecule has 192 valence electrons. The molecule has 0 saturated heterocycles. The van der Waals surface area contributed by atoms with Crippen LogP contribution in [0.2, 0.25) is 5.02 Å². The zero-order valence-electron chi connectivity index (χ0n) is 20.3. The average Bonchev–Trinajstić information content (AvgIpc) is 3.41. The number of carbonyl (C=O) groups excluding carboxylic acids is 1. The molecule has 9 nitrogen and oxygen atoms in total. The molecule has 1 fully saturated rings. The number of halogens is 1. The molecule has 0 aliphatic heterocycles. The zero-order chi connectivity index (χ0) is 25.2. The van der Waals surface area contributed by atoms with Crippen molar-refractivity contribution in [2.24, 2.45) is 23.5 Å². The van der Waals surface area contributed by atoms with Crippen LogP contribution in [-0.4, -0.2) is 53.3 Å². The van der Waals surface area contributed by atoms with Gasteiger partial charge in [-0.1, -0.05) is 29.8 Å². The summed E-state index contributed by atoms with van der Waals surface area (Å²) >= 11 is 6.43. The number of methoxy groups -OCH3 is 1. The SMILES string of the molecule is COc1c(Nc2ncc(Cl)c(NC3C4C=CC(C4)C3C(N)=O)n2)ccc2c1CCC(NCCO)CC2. The predicted molar refractivity (Wildman–Crippen MR) is 140 cm³/mol. The first-order chi connectivity index (χ1) is 17.5. The Morgan fingerprint density at radius 3 is 2.83 bits per heavy atom. The molecular formula is C26H33ClN6O3. The van der Waals surface area contributed by atoms with E-state index in [1.807, 2.05) is 6.07 Å². The largest absolute Gasteiger partial charge is 0.494 e. The molecule has 1 amide bonds. The number of nitrogens with two attached hydrogens (primary N) is 1. The molecule has 1 heterocycles. The van der Waals surface area contributed by atoms with Gasteiger partial charge < -0.3 is 31.5 Å². The third-order valence-corrected chi connectivity index (χ3v) is 7.97. The van der Waals surface area contributed by atoms with Crippen molar-refractivity contribution in [3.05, 3.63) is 46.6 Å². The lowest BCUT2D eigenvalue weighted by Crippen LogP contribution is -2.41. The molecule has 0 radical (unpaired) electrons. The second-order valence-corrected chi connectivity index (χ2v) is 10.2. The molecule has 6 N–H and O–H groups in total. The molecule has 5 rings (SSSR count). The highest BCUT2D eigenvalue weighted by Gasteiger charge is 2.47. The van der Waals surface area contributed by atoms with Gasteiger partial charge in [-0.2, -0.15) is 4.98 Å². The van der Waals surface area contributed by atoms with Gasteiger partial charge in [0.25, 0.3) is 0 Å². The van der Waals surface area contributed by atoms with Gasteiger partial charge in [-0.3, -0.25) is 4.79 Å². The number of aliphatic hydroxyl groups excluding tert-OH is 1. The number of nitrogens with zero attached hydrogens (tertiary/aromatic N) is 2. The van der Waals surface area contributed by atoms with Crippen LogP contribution in [0.4, 0.5) is 17.5 Å².